The van der Waals surface area contributed by atoms with Crippen molar-refractivity contribution in [1.29, 1.82) is 0 Å². The number of carbonyl (C=O) groups is 1. The van der Waals surface area contributed by atoms with Crippen LogP contribution in [0.3, 0.4) is 0 Å². The van der Waals surface area contributed by atoms with E-state index < -0.39 is 0 Å². The zero-order chi connectivity index (χ0) is 20.2. The van der Waals surface area contributed by atoms with Gasteiger partial charge in [0.05, 0.1) is 5.52 Å². The minimum atomic E-state index is -0.205. The van der Waals surface area contributed by atoms with E-state index in [1.807, 2.05) is 42.3 Å². The molecule has 1 aliphatic heterocycles. The van der Waals surface area contributed by atoms with Gasteiger partial charge in [0.1, 0.15) is 5.82 Å². The summed E-state index contributed by atoms with van der Waals surface area (Å²) in [6.07, 6.45) is 3.52. The van der Waals surface area contributed by atoms with Gasteiger partial charge in [0.25, 0.3) is 0 Å². The molecular formula is C24H26FN3O. The Labute approximate surface area is 171 Å². The summed E-state index contributed by atoms with van der Waals surface area (Å²) in [7, 11) is 1.89. The Balaban J connectivity index is 1.33. The average molecular weight is 391 g/mol. The van der Waals surface area contributed by atoms with Gasteiger partial charge in [-0.1, -0.05) is 30.3 Å². The van der Waals surface area contributed by atoms with Crippen LogP contribution >= 0.6 is 0 Å². The van der Waals surface area contributed by atoms with E-state index in [-0.39, 0.29) is 17.6 Å². The van der Waals surface area contributed by atoms with Crippen molar-refractivity contribution < 1.29 is 9.18 Å². The Bertz CT molecular complexity index is 976. The van der Waals surface area contributed by atoms with E-state index in [1.165, 1.54) is 12.1 Å². The minimum Gasteiger partial charge on any atom is -0.341 e. The van der Waals surface area contributed by atoms with E-state index in [0.29, 0.717) is 6.54 Å². The van der Waals surface area contributed by atoms with Crippen molar-refractivity contribution in [2.45, 2.75) is 25.9 Å². The molecule has 4 nitrogen and oxygen atoms in total. The topological polar surface area (TPSA) is 36.4 Å². The molecule has 4 rings (SSSR count). The smallest absolute Gasteiger partial charge is 0.225 e. The van der Waals surface area contributed by atoms with Crippen molar-refractivity contribution >= 4 is 16.8 Å². The van der Waals surface area contributed by atoms with Crippen molar-refractivity contribution in [3.05, 3.63) is 77.7 Å². The highest BCUT2D eigenvalue weighted by Gasteiger charge is 2.27. The van der Waals surface area contributed by atoms with Crippen LogP contribution in [-0.2, 0) is 17.9 Å². The fourth-order valence-electron chi connectivity index (χ4n) is 4.14. The average Bonchev–Trinajstić information content (AvgIpc) is 2.75. The van der Waals surface area contributed by atoms with Crippen LogP contribution in [0.5, 0.6) is 0 Å². The molecule has 29 heavy (non-hydrogen) atoms. The molecule has 0 radical (unpaired) electrons. The number of nitrogens with zero attached hydrogens (tertiary/aromatic N) is 3. The van der Waals surface area contributed by atoms with E-state index >= 15 is 0 Å². The number of likely N-dealkylation sites (tertiary alicyclic amines) is 1. The molecule has 2 heterocycles. The number of aromatic nitrogens is 1. The first-order valence-electron chi connectivity index (χ1n) is 10.1. The van der Waals surface area contributed by atoms with Crippen LogP contribution < -0.4 is 0 Å². The van der Waals surface area contributed by atoms with E-state index in [1.54, 1.807) is 6.20 Å². The second kappa shape index (κ2) is 8.70. The van der Waals surface area contributed by atoms with Crippen LogP contribution in [0.25, 0.3) is 10.9 Å². The molecule has 0 atom stereocenters. The highest BCUT2D eigenvalue weighted by atomic mass is 19.1. The molecule has 0 bridgehead atoms. The summed E-state index contributed by atoms with van der Waals surface area (Å²) < 4.78 is 13.1. The molecule has 1 amide bonds. The molecule has 0 unspecified atom stereocenters. The number of benzene rings is 2. The highest BCUT2D eigenvalue weighted by molar-refractivity contribution is 5.83. The quantitative estimate of drug-likeness (QED) is 0.653. The lowest BCUT2D eigenvalue weighted by Crippen LogP contribution is -2.40. The second-order valence-electron chi connectivity index (χ2n) is 7.86. The number of carbonyl (C=O) groups excluding carboxylic acids is 1. The Hall–Kier alpha value is -2.79. The maximum Gasteiger partial charge on any atom is 0.225 e. The fraction of sp³-hybridized carbons (Fsp3) is 0.333. The maximum atomic E-state index is 13.1. The van der Waals surface area contributed by atoms with Gasteiger partial charge in [0.15, 0.2) is 0 Å². The largest absolute Gasteiger partial charge is 0.341 e. The Morgan fingerprint density at radius 2 is 1.86 bits per heavy atom. The number of halogens is 1. The van der Waals surface area contributed by atoms with Crippen molar-refractivity contribution in [1.82, 2.24) is 14.8 Å². The van der Waals surface area contributed by atoms with Crippen LogP contribution in [0.4, 0.5) is 4.39 Å². The standard InChI is InChI=1S/C24H26FN3O/c1-27(17-20-4-2-6-23-22(20)5-3-13-26-23)24(29)19-11-14-28(15-12-19)16-18-7-9-21(25)10-8-18/h2-10,13,19H,11-12,14-17H2,1H3. The maximum absolute atomic E-state index is 13.1. The Kier molecular flexibility index (Phi) is 5.86. The molecule has 1 aliphatic rings. The van der Waals surface area contributed by atoms with E-state index in [4.69, 9.17) is 0 Å². The summed E-state index contributed by atoms with van der Waals surface area (Å²) in [5.41, 5.74) is 3.19. The first-order chi connectivity index (χ1) is 14.1. The van der Waals surface area contributed by atoms with Crippen LogP contribution in [0.1, 0.15) is 24.0 Å². The number of piperidine rings is 1. The van der Waals surface area contributed by atoms with Gasteiger partial charge in [-0.05, 0) is 61.3 Å². The van der Waals surface area contributed by atoms with Crippen molar-refractivity contribution in [2.75, 3.05) is 20.1 Å². The zero-order valence-electron chi connectivity index (χ0n) is 16.7. The zero-order valence-corrected chi connectivity index (χ0v) is 16.7. The van der Waals surface area contributed by atoms with Gasteiger partial charge in [0.2, 0.25) is 5.91 Å². The third-order valence-corrected chi connectivity index (χ3v) is 5.78. The van der Waals surface area contributed by atoms with Gasteiger partial charge in [-0.3, -0.25) is 14.7 Å². The van der Waals surface area contributed by atoms with Crippen molar-refractivity contribution in [3.63, 3.8) is 0 Å². The molecule has 150 valence electrons. The minimum absolute atomic E-state index is 0.0672. The molecule has 0 spiro atoms. The number of hydrogen-bond donors (Lipinski definition) is 0. The Morgan fingerprint density at radius 1 is 1.10 bits per heavy atom. The predicted molar refractivity (Wildman–Crippen MR) is 113 cm³/mol. The first kappa shape index (κ1) is 19.5. The third kappa shape index (κ3) is 4.62. The molecular weight excluding hydrogens is 365 g/mol. The number of rotatable bonds is 5. The lowest BCUT2D eigenvalue weighted by Gasteiger charge is -2.33. The molecule has 1 saturated heterocycles. The SMILES string of the molecule is CN(Cc1cccc2ncccc12)C(=O)C1CCN(Cc2ccc(F)cc2)CC1. The number of fused-ring (bicyclic) bond motifs is 1. The second-order valence-corrected chi connectivity index (χ2v) is 7.86. The summed E-state index contributed by atoms with van der Waals surface area (Å²) in [6, 6.07) is 16.7. The molecule has 1 fully saturated rings. The van der Waals surface area contributed by atoms with Crippen molar-refractivity contribution in [3.8, 4) is 0 Å². The highest BCUT2D eigenvalue weighted by Crippen LogP contribution is 2.23. The lowest BCUT2D eigenvalue weighted by atomic mass is 9.94. The van der Waals surface area contributed by atoms with Crippen LogP contribution in [-0.4, -0.2) is 40.8 Å². The molecule has 0 N–H and O–H groups in total. The monoisotopic (exact) mass is 391 g/mol. The molecule has 3 aromatic rings. The van der Waals surface area contributed by atoms with Crippen LogP contribution in [0.15, 0.2) is 60.8 Å². The number of amides is 1. The summed E-state index contributed by atoms with van der Waals surface area (Å²) in [5, 5.41) is 1.10. The number of hydrogen-bond acceptors (Lipinski definition) is 3. The van der Waals surface area contributed by atoms with Gasteiger partial charge < -0.3 is 4.90 Å². The van der Waals surface area contributed by atoms with Gasteiger partial charge in [-0.15, -0.1) is 0 Å². The summed E-state index contributed by atoms with van der Waals surface area (Å²) in [5.74, 6) is 0.0768. The van der Waals surface area contributed by atoms with E-state index in [9.17, 15) is 9.18 Å². The normalized spacial score (nSPS) is 15.5. The first-order valence-corrected chi connectivity index (χ1v) is 10.1. The Morgan fingerprint density at radius 3 is 2.62 bits per heavy atom. The van der Waals surface area contributed by atoms with Gasteiger partial charge in [-0.25, -0.2) is 4.39 Å². The van der Waals surface area contributed by atoms with Crippen LogP contribution in [0.2, 0.25) is 0 Å². The summed E-state index contributed by atoms with van der Waals surface area (Å²) in [4.78, 5) is 21.6. The van der Waals surface area contributed by atoms with Gasteiger partial charge in [0, 0.05) is 37.6 Å². The molecule has 1 aromatic heterocycles. The van der Waals surface area contributed by atoms with E-state index in [0.717, 1.165) is 54.5 Å². The lowest BCUT2D eigenvalue weighted by molar-refractivity contribution is -0.136. The summed E-state index contributed by atoms with van der Waals surface area (Å²) in [6.45, 7) is 3.18. The van der Waals surface area contributed by atoms with Gasteiger partial charge >= 0.3 is 0 Å². The van der Waals surface area contributed by atoms with Crippen LogP contribution in [0, 0.1) is 11.7 Å². The third-order valence-electron chi connectivity index (χ3n) is 5.78. The number of pyridine rings is 1. The molecule has 5 heteroatoms. The molecule has 0 aliphatic carbocycles. The fourth-order valence-corrected chi connectivity index (χ4v) is 4.14. The predicted octanol–water partition coefficient (Wildman–Crippen LogP) is 4.24. The summed E-state index contributed by atoms with van der Waals surface area (Å²) >= 11 is 0. The molecule has 2 aromatic carbocycles. The van der Waals surface area contributed by atoms with Gasteiger partial charge in [-0.2, -0.15) is 0 Å². The van der Waals surface area contributed by atoms with Crippen molar-refractivity contribution in [2.24, 2.45) is 5.92 Å². The molecule has 0 saturated carbocycles. The van der Waals surface area contributed by atoms with E-state index in [2.05, 4.69) is 22.0 Å².